The normalized spacial score (nSPS) is 16.9. The van der Waals surface area contributed by atoms with Gasteiger partial charge in [-0.15, -0.1) is 11.3 Å². The molecule has 1 aliphatic carbocycles. The summed E-state index contributed by atoms with van der Waals surface area (Å²) in [5.74, 6) is 1.19. The Morgan fingerprint density at radius 2 is 2.06 bits per heavy atom. The minimum atomic E-state index is -0.267. The lowest BCUT2D eigenvalue weighted by molar-refractivity contribution is -0.118. The molecule has 0 saturated carbocycles. The maximum absolute atomic E-state index is 13.8. The maximum atomic E-state index is 13.8. The number of aryl methyl sites for hydroxylation is 2. The van der Waals surface area contributed by atoms with Crippen LogP contribution in [0.5, 0.6) is 0 Å². The number of nitrogens with zero attached hydrogens (tertiary/aromatic N) is 5. The van der Waals surface area contributed by atoms with Gasteiger partial charge in [-0.2, -0.15) is 0 Å². The number of fused-ring (bicyclic) bond motifs is 4. The van der Waals surface area contributed by atoms with Crippen molar-refractivity contribution >= 4 is 50.6 Å². The molecule has 0 fully saturated rings. The summed E-state index contributed by atoms with van der Waals surface area (Å²) < 4.78 is 0. The third-order valence-corrected chi connectivity index (χ3v) is 8.01. The molecule has 1 N–H and O–H groups in total. The second-order valence-corrected chi connectivity index (χ2v) is 10.5. The van der Waals surface area contributed by atoms with E-state index < -0.39 is 0 Å². The number of rotatable bonds is 4. The number of nitrogens with one attached hydrogen (secondary N) is 1. The zero-order chi connectivity index (χ0) is 24.8. The SMILES string of the molecule is CC1CC(=O)Nc2ccccc2N1C(=O)CN(C)c1nc(-c2cccnc2)nc2sc3c(c12)CCC3. The van der Waals surface area contributed by atoms with Gasteiger partial charge in [-0.3, -0.25) is 14.6 Å². The van der Waals surface area contributed by atoms with E-state index in [-0.39, 0.29) is 30.8 Å². The molecule has 0 saturated heterocycles. The first kappa shape index (κ1) is 22.6. The Balaban J connectivity index is 1.40. The van der Waals surface area contributed by atoms with Crippen molar-refractivity contribution in [1.29, 1.82) is 0 Å². The summed E-state index contributed by atoms with van der Waals surface area (Å²) in [6, 6.07) is 11.0. The maximum Gasteiger partial charge on any atom is 0.246 e. The number of hydrogen-bond acceptors (Lipinski definition) is 7. The van der Waals surface area contributed by atoms with Crippen molar-refractivity contribution in [1.82, 2.24) is 15.0 Å². The van der Waals surface area contributed by atoms with Gasteiger partial charge in [0.15, 0.2) is 5.82 Å². The fourth-order valence-electron chi connectivity index (χ4n) is 5.20. The number of likely N-dealkylation sites (N-methyl/N-ethyl adjacent to an activating group) is 1. The summed E-state index contributed by atoms with van der Waals surface area (Å²) in [5.41, 5.74) is 3.52. The Morgan fingerprint density at radius 3 is 2.89 bits per heavy atom. The number of anilines is 3. The monoisotopic (exact) mass is 498 g/mol. The quantitative estimate of drug-likeness (QED) is 0.447. The van der Waals surface area contributed by atoms with Gasteiger partial charge in [0.2, 0.25) is 11.8 Å². The van der Waals surface area contributed by atoms with E-state index in [9.17, 15) is 9.59 Å². The summed E-state index contributed by atoms with van der Waals surface area (Å²) in [4.78, 5) is 46.2. The van der Waals surface area contributed by atoms with Crippen molar-refractivity contribution in [2.45, 2.75) is 38.6 Å². The molecule has 6 rings (SSSR count). The van der Waals surface area contributed by atoms with E-state index in [1.165, 1.54) is 10.4 Å². The van der Waals surface area contributed by atoms with Crippen LogP contribution < -0.4 is 15.1 Å². The first-order chi connectivity index (χ1) is 17.5. The highest BCUT2D eigenvalue weighted by atomic mass is 32.1. The highest BCUT2D eigenvalue weighted by molar-refractivity contribution is 7.19. The lowest BCUT2D eigenvalue weighted by Gasteiger charge is -2.30. The molecule has 9 heteroatoms. The Bertz CT molecular complexity index is 1480. The highest BCUT2D eigenvalue weighted by Crippen LogP contribution is 2.41. The van der Waals surface area contributed by atoms with Crippen LogP contribution in [0.1, 0.15) is 30.2 Å². The largest absolute Gasteiger partial charge is 0.350 e. The number of benzene rings is 1. The minimum Gasteiger partial charge on any atom is -0.350 e. The van der Waals surface area contributed by atoms with Gasteiger partial charge in [0.1, 0.15) is 10.6 Å². The zero-order valence-corrected chi connectivity index (χ0v) is 21.0. The van der Waals surface area contributed by atoms with Gasteiger partial charge in [-0.05, 0) is 56.0 Å². The Kier molecular flexibility index (Phi) is 5.64. The van der Waals surface area contributed by atoms with Crippen LogP contribution in [0.2, 0.25) is 0 Å². The first-order valence-corrected chi connectivity index (χ1v) is 13.0. The number of aromatic nitrogens is 3. The zero-order valence-electron chi connectivity index (χ0n) is 20.2. The van der Waals surface area contributed by atoms with Crippen LogP contribution in [0.3, 0.4) is 0 Å². The molecule has 4 heterocycles. The summed E-state index contributed by atoms with van der Waals surface area (Å²) in [6.45, 7) is 2.03. The third-order valence-electron chi connectivity index (χ3n) is 6.83. The van der Waals surface area contributed by atoms with Crippen LogP contribution >= 0.6 is 11.3 Å². The van der Waals surface area contributed by atoms with Crippen LogP contribution in [0.25, 0.3) is 21.6 Å². The van der Waals surface area contributed by atoms with E-state index in [4.69, 9.17) is 9.97 Å². The van der Waals surface area contributed by atoms with Crippen LogP contribution in [0.4, 0.5) is 17.2 Å². The number of hydrogen-bond donors (Lipinski definition) is 1. The summed E-state index contributed by atoms with van der Waals surface area (Å²) in [5, 5.41) is 3.98. The Labute approximate surface area is 213 Å². The fourth-order valence-corrected chi connectivity index (χ4v) is 6.45. The first-order valence-electron chi connectivity index (χ1n) is 12.1. The van der Waals surface area contributed by atoms with Crippen molar-refractivity contribution in [2.24, 2.45) is 0 Å². The van der Waals surface area contributed by atoms with E-state index in [1.54, 1.807) is 28.6 Å². The number of thiophene rings is 1. The van der Waals surface area contributed by atoms with Gasteiger partial charge in [-0.25, -0.2) is 9.97 Å². The molecule has 8 nitrogen and oxygen atoms in total. The second-order valence-electron chi connectivity index (χ2n) is 9.39. The Morgan fingerprint density at radius 1 is 1.19 bits per heavy atom. The smallest absolute Gasteiger partial charge is 0.246 e. The topological polar surface area (TPSA) is 91.3 Å². The molecular formula is C27H26N6O2S. The number of carbonyl (C=O) groups is 2. The Hall–Kier alpha value is -3.85. The molecule has 182 valence electrons. The number of pyridine rings is 1. The molecule has 0 bridgehead atoms. The van der Waals surface area contributed by atoms with Gasteiger partial charge in [-0.1, -0.05) is 12.1 Å². The molecule has 2 aliphatic rings. The number of para-hydroxylation sites is 2. The standard InChI is InChI=1S/C27H26N6O2S/c1-16-13-22(34)29-19-9-3-4-10-20(19)33(16)23(35)15-32(2)26-24-18-8-5-11-21(18)36-27(24)31-25(30-26)17-7-6-12-28-14-17/h3-4,6-7,9-10,12,14,16H,5,8,11,13,15H2,1-2H3,(H,29,34). The molecule has 4 aromatic rings. The molecule has 2 amide bonds. The van der Waals surface area contributed by atoms with Gasteiger partial charge in [0.05, 0.1) is 23.3 Å². The van der Waals surface area contributed by atoms with Crippen LogP contribution in [0.15, 0.2) is 48.8 Å². The van der Waals surface area contributed by atoms with Crippen molar-refractivity contribution in [3.8, 4) is 11.4 Å². The van der Waals surface area contributed by atoms with E-state index in [2.05, 4.69) is 10.3 Å². The molecule has 1 atom stereocenters. The molecule has 36 heavy (non-hydrogen) atoms. The molecular weight excluding hydrogens is 472 g/mol. The van der Waals surface area contributed by atoms with E-state index in [0.29, 0.717) is 11.5 Å². The van der Waals surface area contributed by atoms with E-state index >= 15 is 0 Å². The van der Waals surface area contributed by atoms with Crippen LogP contribution in [-0.2, 0) is 22.4 Å². The fraction of sp³-hybridized carbons (Fsp3) is 0.296. The van der Waals surface area contributed by atoms with Gasteiger partial charge in [0, 0.05) is 42.3 Å². The predicted molar refractivity (Wildman–Crippen MR) is 143 cm³/mol. The van der Waals surface area contributed by atoms with E-state index in [1.807, 2.05) is 55.3 Å². The molecule has 1 aliphatic heterocycles. The van der Waals surface area contributed by atoms with Crippen LogP contribution in [-0.4, -0.2) is 46.4 Å². The number of carbonyl (C=O) groups excluding carboxylic acids is 2. The highest BCUT2D eigenvalue weighted by Gasteiger charge is 2.31. The van der Waals surface area contributed by atoms with Gasteiger partial charge < -0.3 is 15.1 Å². The molecule has 1 aromatic carbocycles. The van der Waals surface area contributed by atoms with Crippen molar-refractivity contribution in [2.75, 3.05) is 28.7 Å². The lowest BCUT2D eigenvalue weighted by Crippen LogP contribution is -2.44. The average molecular weight is 499 g/mol. The van der Waals surface area contributed by atoms with Crippen LogP contribution in [0, 0.1) is 0 Å². The minimum absolute atomic E-state index is 0.0875. The molecule has 1 unspecified atom stereocenters. The third kappa shape index (κ3) is 3.89. The molecule has 0 radical (unpaired) electrons. The van der Waals surface area contributed by atoms with Gasteiger partial charge in [0.25, 0.3) is 0 Å². The van der Waals surface area contributed by atoms with Crippen molar-refractivity contribution in [3.05, 3.63) is 59.2 Å². The summed E-state index contributed by atoms with van der Waals surface area (Å²) >= 11 is 1.73. The van der Waals surface area contributed by atoms with E-state index in [0.717, 1.165) is 46.5 Å². The van der Waals surface area contributed by atoms with Crippen molar-refractivity contribution < 1.29 is 9.59 Å². The average Bonchev–Trinajstić information content (AvgIpc) is 3.42. The lowest BCUT2D eigenvalue weighted by atomic mass is 10.1. The predicted octanol–water partition coefficient (Wildman–Crippen LogP) is 4.44. The van der Waals surface area contributed by atoms with Gasteiger partial charge >= 0.3 is 0 Å². The molecule has 0 spiro atoms. The summed E-state index contributed by atoms with van der Waals surface area (Å²) in [6.07, 6.45) is 6.93. The summed E-state index contributed by atoms with van der Waals surface area (Å²) in [7, 11) is 1.91. The second kappa shape index (κ2) is 8.98. The number of amides is 2. The molecule has 3 aromatic heterocycles. The van der Waals surface area contributed by atoms with Crippen molar-refractivity contribution in [3.63, 3.8) is 0 Å².